The molecule has 1 N–H and O–H groups in total. The zero-order valence-corrected chi connectivity index (χ0v) is 20.9. The minimum absolute atomic E-state index is 0.127. The lowest BCUT2D eigenvalue weighted by molar-refractivity contribution is -0.118. The predicted octanol–water partition coefficient (Wildman–Crippen LogP) is 5.82. The quantitative estimate of drug-likeness (QED) is 0.308. The number of para-hydroxylation sites is 1. The average Bonchev–Trinajstić information content (AvgIpc) is 3.13. The number of carbonyl (C=O) groups is 2. The maximum absolute atomic E-state index is 13.1. The monoisotopic (exact) mass is 504 g/mol. The Morgan fingerprint density at radius 1 is 1.03 bits per heavy atom. The molecular weight excluding hydrogens is 480 g/mol. The number of nitrogens with one attached hydrogen (secondary N) is 1. The van der Waals surface area contributed by atoms with E-state index >= 15 is 0 Å². The van der Waals surface area contributed by atoms with Gasteiger partial charge in [0.15, 0.2) is 10.9 Å². The van der Waals surface area contributed by atoms with Gasteiger partial charge in [0.2, 0.25) is 0 Å². The molecule has 6 nitrogen and oxygen atoms in total. The van der Waals surface area contributed by atoms with Crippen molar-refractivity contribution in [1.29, 1.82) is 0 Å². The fourth-order valence-corrected chi connectivity index (χ4v) is 4.74. The molecule has 0 radical (unpaired) electrons. The number of carbonyl (C=O) groups excluding carboxylic acids is 2. The molecule has 35 heavy (non-hydrogen) atoms. The molecule has 3 aromatic rings. The van der Waals surface area contributed by atoms with Crippen LogP contribution in [0, 0.1) is 6.92 Å². The Labute approximate surface area is 213 Å². The molecule has 1 fully saturated rings. The second-order valence-electron chi connectivity index (χ2n) is 7.67. The Hall–Kier alpha value is -3.62. The minimum Gasteiger partial charge on any atom is -0.494 e. The first-order valence-electron chi connectivity index (χ1n) is 11.0. The van der Waals surface area contributed by atoms with E-state index in [1.54, 1.807) is 18.2 Å². The third-order valence-corrected chi connectivity index (χ3v) is 6.45. The van der Waals surface area contributed by atoms with Gasteiger partial charge < -0.3 is 14.8 Å². The zero-order chi connectivity index (χ0) is 24.8. The van der Waals surface area contributed by atoms with E-state index in [0.29, 0.717) is 27.3 Å². The second-order valence-corrected chi connectivity index (χ2v) is 9.34. The maximum atomic E-state index is 13.1. The number of ether oxygens (including phenoxy) is 2. The van der Waals surface area contributed by atoms with Gasteiger partial charge in [-0.3, -0.25) is 14.5 Å². The van der Waals surface area contributed by atoms with Crippen molar-refractivity contribution in [2.75, 3.05) is 23.4 Å². The van der Waals surface area contributed by atoms with Gasteiger partial charge in [-0.25, -0.2) is 0 Å². The molecule has 0 atom stereocenters. The molecular formula is C27H24N2O4S2. The van der Waals surface area contributed by atoms with Crippen LogP contribution < -0.4 is 19.7 Å². The average molecular weight is 505 g/mol. The fraction of sp³-hybridized carbons (Fsp3) is 0.148. The van der Waals surface area contributed by atoms with Gasteiger partial charge in [-0.2, -0.15) is 0 Å². The summed E-state index contributed by atoms with van der Waals surface area (Å²) >= 11 is 6.71. The molecule has 0 spiro atoms. The van der Waals surface area contributed by atoms with Crippen LogP contribution in [0.2, 0.25) is 0 Å². The van der Waals surface area contributed by atoms with Crippen molar-refractivity contribution < 1.29 is 19.1 Å². The highest BCUT2D eigenvalue weighted by atomic mass is 32.2. The number of hydrogen-bond acceptors (Lipinski definition) is 6. The summed E-state index contributed by atoms with van der Waals surface area (Å²) in [5.74, 6) is 0.830. The Balaban J connectivity index is 1.41. The van der Waals surface area contributed by atoms with Crippen molar-refractivity contribution in [2.24, 2.45) is 0 Å². The van der Waals surface area contributed by atoms with Gasteiger partial charge in [-0.05, 0) is 73.5 Å². The van der Waals surface area contributed by atoms with E-state index in [1.165, 1.54) is 16.7 Å². The van der Waals surface area contributed by atoms with E-state index in [4.69, 9.17) is 21.7 Å². The van der Waals surface area contributed by atoms with Crippen LogP contribution in [0.3, 0.4) is 0 Å². The SMILES string of the molecule is CCOc1ccc(N2C(=O)/C(=C/c3cccc(OCC(=O)Nc4ccccc4C)c3)SC2=S)cc1. The molecule has 1 heterocycles. The van der Waals surface area contributed by atoms with E-state index in [2.05, 4.69) is 5.32 Å². The number of anilines is 2. The van der Waals surface area contributed by atoms with Crippen LogP contribution in [0.4, 0.5) is 11.4 Å². The Kier molecular flexibility index (Phi) is 7.84. The lowest BCUT2D eigenvalue weighted by Crippen LogP contribution is -2.27. The Morgan fingerprint density at radius 2 is 1.80 bits per heavy atom. The van der Waals surface area contributed by atoms with Crippen LogP contribution in [0.1, 0.15) is 18.1 Å². The molecule has 4 rings (SSSR count). The molecule has 2 amide bonds. The molecule has 1 saturated heterocycles. The summed E-state index contributed by atoms with van der Waals surface area (Å²) in [4.78, 5) is 27.4. The zero-order valence-electron chi connectivity index (χ0n) is 19.3. The summed E-state index contributed by atoms with van der Waals surface area (Å²) in [5, 5.41) is 2.84. The fourth-order valence-electron chi connectivity index (χ4n) is 3.44. The van der Waals surface area contributed by atoms with Crippen molar-refractivity contribution in [3.05, 3.63) is 88.8 Å². The molecule has 0 aliphatic carbocycles. The van der Waals surface area contributed by atoms with Crippen LogP contribution in [-0.2, 0) is 9.59 Å². The maximum Gasteiger partial charge on any atom is 0.270 e. The summed E-state index contributed by atoms with van der Waals surface area (Å²) in [6.45, 7) is 4.29. The molecule has 178 valence electrons. The van der Waals surface area contributed by atoms with Gasteiger partial charge in [0.05, 0.1) is 17.2 Å². The molecule has 8 heteroatoms. The number of rotatable bonds is 8. The summed E-state index contributed by atoms with van der Waals surface area (Å²) in [6.07, 6.45) is 1.77. The number of aryl methyl sites for hydroxylation is 1. The largest absolute Gasteiger partial charge is 0.494 e. The Bertz CT molecular complexity index is 1290. The lowest BCUT2D eigenvalue weighted by atomic mass is 10.2. The summed E-state index contributed by atoms with van der Waals surface area (Å²) < 4.78 is 11.6. The van der Waals surface area contributed by atoms with Gasteiger partial charge in [0.1, 0.15) is 11.5 Å². The van der Waals surface area contributed by atoms with Crippen LogP contribution in [-0.4, -0.2) is 29.3 Å². The highest BCUT2D eigenvalue weighted by Crippen LogP contribution is 2.36. The molecule has 0 bridgehead atoms. The van der Waals surface area contributed by atoms with E-state index in [9.17, 15) is 9.59 Å². The highest BCUT2D eigenvalue weighted by molar-refractivity contribution is 8.27. The van der Waals surface area contributed by atoms with E-state index in [1.807, 2.05) is 74.5 Å². The molecule has 3 aromatic carbocycles. The summed E-state index contributed by atoms with van der Waals surface area (Å²) in [7, 11) is 0. The van der Waals surface area contributed by atoms with Crippen molar-refractivity contribution in [2.45, 2.75) is 13.8 Å². The van der Waals surface area contributed by atoms with E-state index < -0.39 is 0 Å². The molecule has 0 saturated carbocycles. The van der Waals surface area contributed by atoms with Gasteiger partial charge in [0.25, 0.3) is 11.8 Å². The normalized spacial score (nSPS) is 14.3. The molecule has 0 aromatic heterocycles. The first-order valence-corrected chi connectivity index (χ1v) is 12.3. The Morgan fingerprint density at radius 3 is 2.54 bits per heavy atom. The van der Waals surface area contributed by atoms with Crippen molar-refractivity contribution >= 4 is 57.6 Å². The van der Waals surface area contributed by atoms with Crippen molar-refractivity contribution in [1.82, 2.24) is 0 Å². The van der Waals surface area contributed by atoms with Crippen molar-refractivity contribution in [3.63, 3.8) is 0 Å². The predicted molar refractivity (Wildman–Crippen MR) is 145 cm³/mol. The smallest absolute Gasteiger partial charge is 0.270 e. The topological polar surface area (TPSA) is 67.9 Å². The number of benzene rings is 3. The van der Waals surface area contributed by atoms with Crippen LogP contribution >= 0.6 is 24.0 Å². The van der Waals surface area contributed by atoms with Crippen LogP contribution in [0.15, 0.2) is 77.7 Å². The van der Waals surface area contributed by atoms with E-state index in [-0.39, 0.29) is 18.4 Å². The van der Waals surface area contributed by atoms with Gasteiger partial charge in [-0.15, -0.1) is 0 Å². The standard InChI is InChI=1S/C27H24N2O4S2/c1-3-32-21-13-11-20(12-14-21)29-26(31)24(35-27(29)34)16-19-8-6-9-22(15-19)33-17-25(30)28-23-10-5-4-7-18(23)2/h4-16H,3,17H2,1-2H3,(H,28,30)/b24-16-. The minimum atomic E-state index is -0.249. The first-order chi connectivity index (χ1) is 16.9. The summed E-state index contributed by atoms with van der Waals surface area (Å²) in [5.41, 5.74) is 3.19. The highest BCUT2D eigenvalue weighted by Gasteiger charge is 2.33. The lowest BCUT2D eigenvalue weighted by Gasteiger charge is -2.15. The summed E-state index contributed by atoms with van der Waals surface area (Å²) in [6, 6.07) is 22.0. The van der Waals surface area contributed by atoms with Crippen LogP contribution in [0.5, 0.6) is 11.5 Å². The third kappa shape index (κ3) is 6.09. The van der Waals surface area contributed by atoms with Crippen molar-refractivity contribution in [3.8, 4) is 11.5 Å². The number of nitrogens with zero attached hydrogens (tertiary/aromatic N) is 1. The number of thiocarbonyl (C=S) groups is 1. The van der Waals surface area contributed by atoms with Gasteiger partial charge in [0, 0.05) is 5.69 Å². The molecule has 0 unspecified atom stereocenters. The number of thioether (sulfide) groups is 1. The second kappa shape index (κ2) is 11.2. The number of hydrogen-bond donors (Lipinski definition) is 1. The van der Waals surface area contributed by atoms with Crippen LogP contribution in [0.25, 0.3) is 6.08 Å². The van der Waals surface area contributed by atoms with Gasteiger partial charge in [-0.1, -0.05) is 54.3 Å². The first kappa shape index (κ1) is 24.5. The van der Waals surface area contributed by atoms with Gasteiger partial charge >= 0.3 is 0 Å². The van der Waals surface area contributed by atoms with E-state index in [0.717, 1.165) is 22.6 Å². The third-order valence-electron chi connectivity index (χ3n) is 5.14. The molecule has 1 aliphatic heterocycles. The number of amides is 2. The molecule has 1 aliphatic rings.